The van der Waals surface area contributed by atoms with E-state index >= 15 is 0 Å². The van der Waals surface area contributed by atoms with E-state index in [4.69, 9.17) is 4.74 Å². The lowest BCUT2D eigenvalue weighted by Crippen LogP contribution is -2.42. The molecule has 2 N–H and O–H groups in total. The maximum atomic E-state index is 12.4. The normalized spacial score (nSPS) is 16.7. The topological polar surface area (TPSA) is 58.6 Å². The smallest absolute Gasteiger partial charge is 0.251 e. The van der Waals surface area contributed by atoms with Crippen molar-refractivity contribution in [3.8, 4) is 5.75 Å². The monoisotopic (exact) mass is 345 g/mol. The van der Waals surface area contributed by atoms with Crippen LogP contribution >= 0.6 is 11.3 Å². The van der Waals surface area contributed by atoms with Crippen molar-refractivity contribution in [2.75, 3.05) is 6.54 Å². The largest absolute Gasteiger partial charge is 0.491 e. The zero-order valence-corrected chi connectivity index (χ0v) is 14.8. The molecule has 1 aliphatic carbocycles. The molecule has 128 valence electrons. The number of carbonyl (C=O) groups is 1. The summed E-state index contributed by atoms with van der Waals surface area (Å²) in [5.41, 5.74) is -0.389. The van der Waals surface area contributed by atoms with Crippen LogP contribution in [0.4, 0.5) is 0 Å². The highest BCUT2D eigenvalue weighted by atomic mass is 32.1. The van der Waals surface area contributed by atoms with Crippen LogP contribution in [0, 0.1) is 5.92 Å². The molecule has 1 heterocycles. The maximum absolute atomic E-state index is 12.4. The lowest BCUT2D eigenvalue weighted by Gasteiger charge is -2.27. The maximum Gasteiger partial charge on any atom is 0.251 e. The van der Waals surface area contributed by atoms with Gasteiger partial charge in [-0.3, -0.25) is 4.79 Å². The molecular weight excluding hydrogens is 322 g/mol. The molecule has 1 atom stereocenters. The van der Waals surface area contributed by atoms with E-state index in [9.17, 15) is 9.90 Å². The summed E-state index contributed by atoms with van der Waals surface area (Å²) in [6, 6.07) is 10.9. The Morgan fingerprint density at radius 2 is 2.04 bits per heavy atom. The second-order valence-electron chi connectivity index (χ2n) is 6.55. The Labute approximate surface area is 146 Å². The van der Waals surface area contributed by atoms with Crippen LogP contribution in [-0.2, 0) is 5.60 Å². The summed E-state index contributed by atoms with van der Waals surface area (Å²) >= 11 is 1.54. The number of nitrogens with one attached hydrogen (secondary N) is 1. The van der Waals surface area contributed by atoms with Crippen molar-refractivity contribution in [3.63, 3.8) is 0 Å². The van der Waals surface area contributed by atoms with E-state index in [1.54, 1.807) is 24.3 Å². The third kappa shape index (κ3) is 3.79. The Hall–Kier alpha value is -1.85. The molecule has 0 spiro atoms. The SMILES string of the molecule is CC(C)Oc1ccc(C(=O)NCC(O)(c2cccs2)C2CC2)cc1. The molecule has 0 saturated heterocycles. The summed E-state index contributed by atoms with van der Waals surface area (Å²) in [5, 5.41) is 15.9. The number of benzene rings is 1. The van der Waals surface area contributed by atoms with Gasteiger partial charge in [-0.1, -0.05) is 6.07 Å². The summed E-state index contributed by atoms with van der Waals surface area (Å²) < 4.78 is 5.58. The highest BCUT2D eigenvalue weighted by Crippen LogP contribution is 2.46. The fourth-order valence-electron chi connectivity index (χ4n) is 2.79. The van der Waals surface area contributed by atoms with Gasteiger partial charge in [-0.15, -0.1) is 11.3 Å². The molecule has 1 amide bonds. The van der Waals surface area contributed by atoms with Gasteiger partial charge in [-0.2, -0.15) is 0 Å². The predicted octanol–water partition coefficient (Wildman–Crippen LogP) is 3.56. The number of aliphatic hydroxyl groups is 1. The molecule has 4 nitrogen and oxygen atoms in total. The predicted molar refractivity (Wildman–Crippen MR) is 95.5 cm³/mol. The van der Waals surface area contributed by atoms with Gasteiger partial charge in [-0.25, -0.2) is 0 Å². The molecule has 0 aliphatic heterocycles. The van der Waals surface area contributed by atoms with Gasteiger partial charge in [0, 0.05) is 10.4 Å². The second-order valence-corrected chi connectivity index (χ2v) is 7.50. The summed E-state index contributed by atoms with van der Waals surface area (Å²) in [4.78, 5) is 13.3. The number of rotatable bonds is 7. The first-order chi connectivity index (χ1) is 11.5. The Morgan fingerprint density at radius 1 is 1.33 bits per heavy atom. The van der Waals surface area contributed by atoms with Gasteiger partial charge in [0.1, 0.15) is 11.4 Å². The Morgan fingerprint density at radius 3 is 2.58 bits per heavy atom. The first-order valence-corrected chi connectivity index (χ1v) is 9.18. The number of thiophene rings is 1. The van der Waals surface area contributed by atoms with Crippen LogP contribution in [0.2, 0.25) is 0 Å². The highest BCUT2D eigenvalue weighted by Gasteiger charge is 2.45. The second kappa shape index (κ2) is 6.95. The number of carbonyl (C=O) groups excluding carboxylic acids is 1. The molecule has 1 unspecified atom stereocenters. The van der Waals surface area contributed by atoms with Crippen LogP contribution < -0.4 is 10.1 Å². The van der Waals surface area contributed by atoms with Crippen molar-refractivity contribution in [2.45, 2.75) is 38.4 Å². The first kappa shape index (κ1) is 17.0. The fourth-order valence-corrected chi connectivity index (χ4v) is 3.70. The Kier molecular flexibility index (Phi) is 4.92. The van der Waals surface area contributed by atoms with Crippen LogP contribution in [-0.4, -0.2) is 23.7 Å². The minimum atomic E-state index is -0.954. The van der Waals surface area contributed by atoms with Crippen molar-refractivity contribution in [3.05, 3.63) is 52.2 Å². The van der Waals surface area contributed by atoms with E-state index in [0.29, 0.717) is 5.56 Å². The van der Waals surface area contributed by atoms with E-state index in [1.165, 1.54) is 11.3 Å². The van der Waals surface area contributed by atoms with Crippen LogP contribution in [0.5, 0.6) is 5.75 Å². The van der Waals surface area contributed by atoms with E-state index in [0.717, 1.165) is 23.5 Å². The van der Waals surface area contributed by atoms with Crippen LogP contribution in [0.3, 0.4) is 0 Å². The molecule has 1 aromatic carbocycles. The van der Waals surface area contributed by atoms with Crippen molar-refractivity contribution in [1.82, 2.24) is 5.32 Å². The van der Waals surface area contributed by atoms with Gasteiger partial charge < -0.3 is 15.2 Å². The van der Waals surface area contributed by atoms with E-state index < -0.39 is 5.60 Å². The molecule has 1 saturated carbocycles. The minimum Gasteiger partial charge on any atom is -0.491 e. The summed E-state index contributed by atoms with van der Waals surface area (Å²) in [7, 11) is 0. The van der Waals surface area contributed by atoms with Gasteiger partial charge in [0.2, 0.25) is 0 Å². The number of hydrogen-bond donors (Lipinski definition) is 2. The summed E-state index contributed by atoms with van der Waals surface area (Å²) in [6.07, 6.45) is 2.11. The number of amides is 1. The zero-order chi connectivity index (χ0) is 17.2. The molecule has 1 fully saturated rings. The summed E-state index contributed by atoms with van der Waals surface area (Å²) in [6.45, 7) is 4.16. The molecule has 1 aromatic heterocycles. The molecular formula is C19H23NO3S. The molecule has 0 bridgehead atoms. The van der Waals surface area contributed by atoms with Gasteiger partial charge in [0.15, 0.2) is 0 Å². The molecule has 24 heavy (non-hydrogen) atoms. The molecule has 2 aromatic rings. The third-order valence-corrected chi connectivity index (χ3v) is 5.24. The Bertz CT molecular complexity index is 677. The van der Waals surface area contributed by atoms with Crippen molar-refractivity contribution in [1.29, 1.82) is 0 Å². The zero-order valence-electron chi connectivity index (χ0n) is 14.0. The standard InChI is InChI=1S/C19H23NO3S/c1-13(2)23-16-9-5-14(6-10-16)18(21)20-12-19(22,15-7-8-15)17-4-3-11-24-17/h3-6,9-11,13,15,22H,7-8,12H2,1-2H3,(H,20,21). The highest BCUT2D eigenvalue weighted by molar-refractivity contribution is 7.10. The van der Waals surface area contributed by atoms with Gasteiger partial charge in [0.05, 0.1) is 12.6 Å². The van der Waals surface area contributed by atoms with Crippen LogP contribution in [0.1, 0.15) is 41.9 Å². The van der Waals surface area contributed by atoms with Crippen LogP contribution in [0.15, 0.2) is 41.8 Å². The van der Waals surface area contributed by atoms with Crippen molar-refractivity contribution < 1.29 is 14.6 Å². The van der Waals surface area contributed by atoms with Gasteiger partial charge in [-0.05, 0) is 68.3 Å². The number of hydrogen-bond acceptors (Lipinski definition) is 4. The average molecular weight is 345 g/mol. The lowest BCUT2D eigenvalue weighted by atomic mass is 9.95. The van der Waals surface area contributed by atoms with Gasteiger partial charge >= 0.3 is 0 Å². The van der Waals surface area contributed by atoms with Crippen molar-refractivity contribution in [2.24, 2.45) is 5.92 Å². The Balaban J connectivity index is 1.64. The first-order valence-electron chi connectivity index (χ1n) is 8.30. The molecule has 0 radical (unpaired) electrons. The van der Waals surface area contributed by atoms with Gasteiger partial charge in [0.25, 0.3) is 5.91 Å². The quantitative estimate of drug-likeness (QED) is 0.807. The minimum absolute atomic E-state index is 0.101. The van der Waals surface area contributed by atoms with E-state index in [2.05, 4.69) is 5.32 Å². The number of ether oxygens (including phenoxy) is 1. The molecule has 3 rings (SSSR count). The molecule has 5 heteroatoms. The fraction of sp³-hybridized carbons (Fsp3) is 0.421. The lowest BCUT2D eigenvalue weighted by molar-refractivity contribution is 0.0169. The van der Waals surface area contributed by atoms with Crippen LogP contribution in [0.25, 0.3) is 0 Å². The summed E-state index contributed by atoms with van der Waals surface area (Å²) in [5.74, 6) is 0.801. The average Bonchev–Trinajstić information content (AvgIpc) is 3.27. The van der Waals surface area contributed by atoms with Crippen molar-refractivity contribution >= 4 is 17.2 Å². The van der Waals surface area contributed by atoms with E-state index in [-0.39, 0.29) is 24.5 Å². The van der Waals surface area contributed by atoms with E-state index in [1.807, 2.05) is 31.4 Å². The third-order valence-electron chi connectivity index (χ3n) is 4.21. The molecule has 1 aliphatic rings.